The van der Waals surface area contributed by atoms with Crippen molar-refractivity contribution in [3.63, 3.8) is 0 Å². The second kappa shape index (κ2) is 7.96. The minimum absolute atomic E-state index is 0. The Kier molecular flexibility index (Phi) is 5.65. The minimum Gasteiger partial charge on any atom is -0.495 e. The maximum Gasteiger partial charge on any atom is 0.151 e. The van der Waals surface area contributed by atoms with E-state index in [2.05, 4.69) is 33.1 Å². The summed E-state index contributed by atoms with van der Waals surface area (Å²) in [7, 11) is 1.68. The Morgan fingerprint density at radius 3 is 2.59 bits per heavy atom. The lowest BCUT2D eigenvalue weighted by Gasteiger charge is -2.21. The molecule has 1 atom stereocenters. The number of imidazole rings is 1. The number of halogens is 1. The van der Waals surface area contributed by atoms with Gasteiger partial charge in [-0.05, 0) is 51.0 Å². The molecule has 3 heterocycles. The standard InChI is InChI=1S/C20H23N5O.ClH/c1-14-12-24(13-21-14)18-8-6-16(11-19(18)26-3)17-7-9-20(23-22-17)25-10-4-5-15(25)2;/h6-9,11-13,15H,4-5,10H2,1-3H3;1H/t15-;/m0./s1. The summed E-state index contributed by atoms with van der Waals surface area (Å²) in [6, 6.07) is 10.7. The highest BCUT2D eigenvalue weighted by atomic mass is 35.5. The van der Waals surface area contributed by atoms with Gasteiger partial charge in [-0.2, -0.15) is 0 Å². The van der Waals surface area contributed by atoms with Crippen LogP contribution in [0.2, 0.25) is 0 Å². The van der Waals surface area contributed by atoms with Crippen LogP contribution in [0.3, 0.4) is 0 Å². The molecular formula is C20H24ClN5O. The number of aryl methyl sites for hydroxylation is 1. The molecule has 7 heteroatoms. The Hall–Kier alpha value is -2.60. The molecule has 0 bridgehead atoms. The van der Waals surface area contributed by atoms with E-state index in [1.165, 1.54) is 12.8 Å². The van der Waals surface area contributed by atoms with Crippen molar-refractivity contribution in [2.24, 2.45) is 0 Å². The summed E-state index contributed by atoms with van der Waals surface area (Å²) in [4.78, 5) is 6.60. The first-order valence-electron chi connectivity index (χ1n) is 8.95. The zero-order valence-electron chi connectivity index (χ0n) is 15.8. The fraction of sp³-hybridized carbons (Fsp3) is 0.350. The van der Waals surface area contributed by atoms with Gasteiger partial charge in [-0.25, -0.2) is 4.98 Å². The fourth-order valence-electron chi connectivity index (χ4n) is 3.51. The van der Waals surface area contributed by atoms with Crippen LogP contribution in [0.5, 0.6) is 5.75 Å². The van der Waals surface area contributed by atoms with Crippen LogP contribution in [-0.2, 0) is 0 Å². The zero-order chi connectivity index (χ0) is 18.1. The van der Waals surface area contributed by atoms with Gasteiger partial charge >= 0.3 is 0 Å². The molecule has 4 rings (SSSR count). The molecule has 3 aromatic rings. The summed E-state index contributed by atoms with van der Waals surface area (Å²) in [5, 5.41) is 8.89. The highest BCUT2D eigenvalue weighted by Crippen LogP contribution is 2.30. The fourth-order valence-corrected chi connectivity index (χ4v) is 3.51. The lowest BCUT2D eigenvalue weighted by Crippen LogP contribution is -2.27. The zero-order valence-corrected chi connectivity index (χ0v) is 16.6. The van der Waals surface area contributed by atoms with E-state index in [1.807, 2.05) is 42.0 Å². The molecule has 0 amide bonds. The molecule has 0 radical (unpaired) electrons. The molecule has 6 nitrogen and oxygen atoms in total. The van der Waals surface area contributed by atoms with Crippen molar-refractivity contribution in [1.82, 2.24) is 19.7 Å². The van der Waals surface area contributed by atoms with Crippen molar-refractivity contribution >= 4 is 18.2 Å². The van der Waals surface area contributed by atoms with Gasteiger partial charge in [0, 0.05) is 24.3 Å². The van der Waals surface area contributed by atoms with E-state index in [0.29, 0.717) is 6.04 Å². The van der Waals surface area contributed by atoms with Gasteiger partial charge in [0.15, 0.2) is 5.82 Å². The average Bonchev–Trinajstić information content (AvgIpc) is 3.29. The van der Waals surface area contributed by atoms with Crippen LogP contribution in [0.15, 0.2) is 42.9 Å². The largest absolute Gasteiger partial charge is 0.495 e. The number of aromatic nitrogens is 4. The topological polar surface area (TPSA) is 56.1 Å². The second-order valence-corrected chi connectivity index (χ2v) is 6.77. The van der Waals surface area contributed by atoms with Crippen LogP contribution in [0.4, 0.5) is 5.82 Å². The first-order valence-corrected chi connectivity index (χ1v) is 8.95. The third-order valence-electron chi connectivity index (χ3n) is 4.96. The number of hydrogen-bond donors (Lipinski definition) is 0. The van der Waals surface area contributed by atoms with Crippen LogP contribution >= 0.6 is 12.4 Å². The maximum absolute atomic E-state index is 5.59. The summed E-state index contributed by atoms with van der Waals surface area (Å²) in [6.07, 6.45) is 6.20. The summed E-state index contributed by atoms with van der Waals surface area (Å²) in [6.45, 7) is 5.27. The first kappa shape index (κ1) is 19.2. The lowest BCUT2D eigenvalue weighted by molar-refractivity contribution is 0.413. The number of methoxy groups -OCH3 is 1. The third-order valence-corrected chi connectivity index (χ3v) is 4.96. The second-order valence-electron chi connectivity index (χ2n) is 6.77. The molecule has 0 spiro atoms. The van der Waals surface area contributed by atoms with Crippen LogP contribution < -0.4 is 9.64 Å². The van der Waals surface area contributed by atoms with Crippen LogP contribution in [-0.4, -0.2) is 39.4 Å². The normalized spacial score (nSPS) is 16.3. The number of benzene rings is 1. The van der Waals surface area contributed by atoms with Crippen molar-refractivity contribution in [3.8, 4) is 22.7 Å². The van der Waals surface area contributed by atoms with Crippen molar-refractivity contribution < 1.29 is 4.74 Å². The molecule has 0 unspecified atom stereocenters. The van der Waals surface area contributed by atoms with Gasteiger partial charge in [0.25, 0.3) is 0 Å². The van der Waals surface area contributed by atoms with Crippen molar-refractivity contribution in [2.75, 3.05) is 18.6 Å². The van der Waals surface area contributed by atoms with E-state index in [0.717, 1.165) is 40.8 Å². The van der Waals surface area contributed by atoms with E-state index in [-0.39, 0.29) is 12.4 Å². The number of ether oxygens (including phenoxy) is 1. The molecule has 0 aliphatic carbocycles. The molecule has 1 saturated heterocycles. The molecule has 1 aromatic carbocycles. The molecule has 0 saturated carbocycles. The predicted octanol–water partition coefficient (Wildman–Crippen LogP) is 4.06. The van der Waals surface area contributed by atoms with E-state index >= 15 is 0 Å². The van der Waals surface area contributed by atoms with Gasteiger partial charge in [0.05, 0.1) is 30.5 Å². The predicted molar refractivity (Wildman–Crippen MR) is 109 cm³/mol. The summed E-state index contributed by atoms with van der Waals surface area (Å²) in [5.41, 5.74) is 3.74. The first-order chi connectivity index (χ1) is 12.7. The van der Waals surface area contributed by atoms with Crippen LogP contribution in [0.1, 0.15) is 25.5 Å². The quantitative estimate of drug-likeness (QED) is 0.677. The maximum atomic E-state index is 5.59. The summed E-state index contributed by atoms with van der Waals surface area (Å²) >= 11 is 0. The van der Waals surface area contributed by atoms with E-state index in [4.69, 9.17) is 4.74 Å². The Labute approximate surface area is 165 Å². The van der Waals surface area contributed by atoms with Gasteiger partial charge in [0.2, 0.25) is 0 Å². The number of nitrogens with zero attached hydrogens (tertiary/aromatic N) is 5. The van der Waals surface area contributed by atoms with Crippen LogP contribution in [0.25, 0.3) is 16.9 Å². The van der Waals surface area contributed by atoms with E-state index in [9.17, 15) is 0 Å². The number of hydrogen-bond acceptors (Lipinski definition) is 5. The molecule has 1 aliphatic heterocycles. The summed E-state index contributed by atoms with van der Waals surface area (Å²) in [5.74, 6) is 1.73. The van der Waals surface area contributed by atoms with Crippen molar-refractivity contribution in [3.05, 3.63) is 48.5 Å². The van der Waals surface area contributed by atoms with Gasteiger partial charge in [0.1, 0.15) is 5.75 Å². The minimum atomic E-state index is 0. The lowest BCUT2D eigenvalue weighted by atomic mass is 10.1. The van der Waals surface area contributed by atoms with Gasteiger partial charge in [-0.1, -0.05) is 6.07 Å². The molecule has 1 aliphatic rings. The Balaban J connectivity index is 0.00000210. The molecule has 0 N–H and O–H groups in total. The highest BCUT2D eigenvalue weighted by molar-refractivity contribution is 5.85. The van der Waals surface area contributed by atoms with Gasteiger partial charge in [-0.15, -0.1) is 22.6 Å². The smallest absolute Gasteiger partial charge is 0.151 e. The van der Waals surface area contributed by atoms with E-state index in [1.54, 1.807) is 13.4 Å². The van der Waals surface area contributed by atoms with Crippen molar-refractivity contribution in [1.29, 1.82) is 0 Å². The summed E-state index contributed by atoms with van der Waals surface area (Å²) < 4.78 is 7.55. The number of rotatable bonds is 4. The molecular weight excluding hydrogens is 362 g/mol. The molecule has 142 valence electrons. The SMILES string of the molecule is COc1cc(-c2ccc(N3CCC[C@@H]3C)nn2)ccc1-n1cnc(C)c1.Cl. The molecule has 2 aromatic heterocycles. The number of anilines is 1. The Morgan fingerprint density at radius 1 is 1.15 bits per heavy atom. The molecule has 27 heavy (non-hydrogen) atoms. The third kappa shape index (κ3) is 3.76. The van der Waals surface area contributed by atoms with Gasteiger partial charge < -0.3 is 14.2 Å². The monoisotopic (exact) mass is 385 g/mol. The van der Waals surface area contributed by atoms with Crippen molar-refractivity contribution in [2.45, 2.75) is 32.7 Å². The van der Waals surface area contributed by atoms with E-state index < -0.39 is 0 Å². The molecule has 1 fully saturated rings. The average molecular weight is 386 g/mol. The highest BCUT2D eigenvalue weighted by Gasteiger charge is 2.21. The van der Waals surface area contributed by atoms with Gasteiger partial charge in [-0.3, -0.25) is 0 Å². The Morgan fingerprint density at radius 2 is 2.00 bits per heavy atom. The van der Waals surface area contributed by atoms with Crippen LogP contribution in [0, 0.1) is 6.92 Å². The Bertz CT molecular complexity index is 909.